The molecule has 1 aromatic rings. The van der Waals surface area contributed by atoms with Gasteiger partial charge >= 0.3 is 6.36 Å². The average molecular weight is 260 g/mol. The minimum Gasteiger partial charge on any atom is -0.406 e. The van der Waals surface area contributed by atoms with Gasteiger partial charge in [-0.25, -0.2) is 0 Å². The van der Waals surface area contributed by atoms with Gasteiger partial charge in [0.2, 0.25) is 5.96 Å². The Labute approximate surface area is 101 Å². The van der Waals surface area contributed by atoms with Crippen molar-refractivity contribution in [3.8, 4) is 5.75 Å². The highest BCUT2D eigenvalue weighted by atomic mass is 19.4. The second-order valence-corrected chi connectivity index (χ2v) is 3.34. The Bertz CT molecular complexity index is 479. The van der Waals surface area contributed by atoms with Crippen LogP contribution in [0.25, 0.3) is 0 Å². The molecule has 98 valence electrons. The van der Waals surface area contributed by atoms with Gasteiger partial charge in [0.1, 0.15) is 5.75 Å². The molecule has 0 aliphatic heterocycles. The smallest absolute Gasteiger partial charge is 0.406 e. The van der Waals surface area contributed by atoms with Crippen molar-refractivity contribution in [3.63, 3.8) is 0 Å². The van der Waals surface area contributed by atoms with Crippen molar-refractivity contribution in [2.45, 2.75) is 13.3 Å². The van der Waals surface area contributed by atoms with Gasteiger partial charge in [0.25, 0.3) is 0 Å². The van der Waals surface area contributed by atoms with Crippen LogP contribution < -0.4 is 16.2 Å². The van der Waals surface area contributed by atoms with E-state index in [1.54, 1.807) is 6.92 Å². The topological polar surface area (TPSA) is 86.0 Å². The maximum atomic E-state index is 12.0. The number of ether oxygens (including phenoxy) is 1. The van der Waals surface area contributed by atoms with Gasteiger partial charge in [0.15, 0.2) is 0 Å². The first kappa shape index (κ1) is 13.8. The lowest BCUT2D eigenvalue weighted by molar-refractivity contribution is -0.274. The van der Waals surface area contributed by atoms with E-state index in [1.165, 1.54) is 24.4 Å². The number of aryl methyl sites for hydroxylation is 1. The SMILES string of the molecule is Cc1cc(OC(F)(F)F)ccc1C=NN=C(N)N. The minimum atomic E-state index is -4.71. The predicted molar refractivity (Wildman–Crippen MR) is 61.3 cm³/mol. The Kier molecular flexibility index (Phi) is 4.13. The molecule has 0 heterocycles. The number of halogens is 3. The van der Waals surface area contributed by atoms with Crippen LogP contribution in [0, 0.1) is 6.92 Å². The highest BCUT2D eigenvalue weighted by Gasteiger charge is 2.31. The summed E-state index contributed by atoms with van der Waals surface area (Å²) >= 11 is 0. The van der Waals surface area contributed by atoms with Crippen molar-refractivity contribution in [3.05, 3.63) is 29.3 Å². The summed E-state index contributed by atoms with van der Waals surface area (Å²) in [6, 6.07) is 3.84. The summed E-state index contributed by atoms with van der Waals surface area (Å²) in [6.07, 6.45) is -3.38. The van der Waals surface area contributed by atoms with Crippen LogP contribution in [0.3, 0.4) is 0 Å². The zero-order chi connectivity index (χ0) is 13.8. The number of hydrogen-bond donors (Lipinski definition) is 2. The van der Waals surface area contributed by atoms with Crippen LogP contribution in [-0.4, -0.2) is 18.5 Å². The van der Waals surface area contributed by atoms with Crippen molar-refractivity contribution in [2.75, 3.05) is 0 Å². The van der Waals surface area contributed by atoms with E-state index in [4.69, 9.17) is 11.5 Å². The highest BCUT2D eigenvalue weighted by molar-refractivity contribution is 5.83. The highest BCUT2D eigenvalue weighted by Crippen LogP contribution is 2.24. The molecule has 0 unspecified atom stereocenters. The number of nitrogens with zero attached hydrogens (tertiary/aromatic N) is 2. The van der Waals surface area contributed by atoms with Gasteiger partial charge in [-0.05, 0) is 36.2 Å². The Morgan fingerprint density at radius 1 is 1.33 bits per heavy atom. The molecule has 5 nitrogen and oxygen atoms in total. The predicted octanol–water partition coefficient (Wildman–Crippen LogP) is 1.50. The second-order valence-electron chi connectivity index (χ2n) is 3.34. The van der Waals surface area contributed by atoms with Crippen molar-refractivity contribution in [1.29, 1.82) is 0 Å². The lowest BCUT2D eigenvalue weighted by atomic mass is 10.1. The number of benzene rings is 1. The first-order valence-electron chi connectivity index (χ1n) is 4.76. The molecular formula is C10H11F3N4O. The molecule has 0 fully saturated rings. The van der Waals surface area contributed by atoms with Gasteiger partial charge in [-0.2, -0.15) is 5.10 Å². The fourth-order valence-corrected chi connectivity index (χ4v) is 1.15. The monoisotopic (exact) mass is 260 g/mol. The molecule has 0 radical (unpaired) electrons. The van der Waals surface area contributed by atoms with Crippen LogP contribution >= 0.6 is 0 Å². The molecule has 0 bridgehead atoms. The zero-order valence-electron chi connectivity index (χ0n) is 9.40. The Hall–Kier alpha value is -2.25. The molecular weight excluding hydrogens is 249 g/mol. The van der Waals surface area contributed by atoms with E-state index >= 15 is 0 Å². The van der Waals surface area contributed by atoms with E-state index < -0.39 is 6.36 Å². The van der Waals surface area contributed by atoms with Crippen molar-refractivity contribution in [1.82, 2.24) is 0 Å². The van der Waals surface area contributed by atoms with Gasteiger partial charge in [-0.3, -0.25) is 0 Å². The normalized spacial score (nSPS) is 11.6. The third-order valence-electron chi connectivity index (χ3n) is 1.84. The number of rotatable bonds is 3. The zero-order valence-corrected chi connectivity index (χ0v) is 9.40. The molecule has 0 atom stereocenters. The maximum Gasteiger partial charge on any atom is 0.573 e. The summed E-state index contributed by atoms with van der Waals surface area (Å²) in [6.45, 7) is 1.61. The molecule has 0 aliphatic rings. The van der Waals surface area contributed by atoms with Crippen molar-refractivity contribution in [2.24, 2.45) is 21.7 Å². The summed E-state index contributed by atoms with van der Waals surface area (Å²) in [7, 11) is 0. The van der Waals surface area contributed by atoms with E-state index in [1.807, 2.05) is 0 Å². The van der Waals surface area contributed by atoms with E-state index in [-0.39, 0.29) is 11.7 Å². The summed E-state index contributed by atoms with van der Waals surface area (Å²) in [5.74, 6) is -0.500. The molecule has 0 aliphatic carbocycles. The lowest BCUT2D eigenvalue weighted by Gasteiger charge is -2.09. The molecule has 0 saturated heterocycles. The summed E-state index contributed by atoms with van der Waals surface area (Å²) in [5, 5.41) is 6.93. The summed E-state index contributed by atoms with van der Waals surface area (Å²) in [4.78, 5) is 0. The largest absolute Gasteiger partial charge is 0.573 e. The fraction of sp³-hybridized carbons (Fsp3) is 0.200. The number of hydrogen-bond acceptors (Lipinski definition) is 3. The maximum absolute atomic E-state index is 12.0. The van der Waals surface area contributed by atoms with Crippen LogP contribution in [0.15, 0.2) is 28.4 Å². The number of alkyl halides is 3. The van der Waals surface area contributed by atoms with Gasteiger partial charge in [0.05, 0.1) is 6.21 Å². The second kappa shape index (κ2) is 5.39. The fourth-order valence-electron chi connectivity index (χ4n) is 1.15. The molecule has 18 heavy (non-hydrogen) atoms. The van der Waals surface area contributed by atoms with Crippen molar-refractivity contribution >= 4 is 12.2 Å². The van der Waals surface area contributed by atoms with E-state index in [9.17, 15) is 13.2 Å². The molecule has 0 aromatic heterocycles. The first-order valence-corrected chi connectivity index (χ1v) is 4.76. The Morgan fingerprint density at radius 2 is 2.00 bits per heavy atom. The molecule has 0 amide bonds. The van der Waals surface area contributed by atoms with Crippen LogP contribution in [0.4, 0.5) is 13.2 Å². The van der Waals surface area contributed by atoms with Crippen LogP contribution in [-0.2, 0) is 0 Å². The lowest BCUT2D eigenvalue weighted by Crippen LogP contribution is -2.21. The molecule has 0 spiro atoms. The van der Waals surface area contributed by atoms with Crippen LogP contribution in [0.2, 0.25) is 0 Å². The summed E-state index contributed by atoms with van der Waals surface area (Å²) < 4.78 is 39.7. The quantitative estimate of drug-likeness (QED) is 0.490. The molecule has 1 aromatic carbocycles. The number of guanidine groups is 1. The van der Waals surface area contributed by atoms with Gasteiger partial charge in [-0.15, -0.1) is 18.3 Å². The summed E-state index contributed by atoms with van der Waals surface area (Å²) in [5.41, 5.74) is 11.2. The first-order chi connectivity index (χ1) is 8.28. The minimum absolute atomic E-state index is 0.207. The van der Waals surface area contributed by atoms with Gasteiger partial charge < -0.3 is 16.2 Å². The van der Waals surface area contributed by atoms with Gasteiger partial charge in [0, 0.05) is 0 Å². The Morgan fingerprint density at radius 3 is 2.50 bits per heavy atom. The van der Waals surface area contributed by atoms with Crippen LogP contribution in [0.5, 0.6) is 5.75 Å². The molecule has 4 N–H and O–H groups in total. The number of nitrogens with two attached hydrogens (primary N) is 2. The molecule has 0 saturated carbocycles. The van der Waals surface area contributed by atoms with E-state index in [2.05, 4.69) is 14.9 Å². The molecule has 8 heteroatoms. The van der Waals surface area contributed by atoms with Gasteiger partial charge in [-0.1, -0.05) is 0 Å². The average Bonchev–Trinajstić information content (AvgIpc) is 2.18. The van der Waals surface area contributed by atoms with Crippen molar-refractivity contribution < 1.29 is 17.9 Å². The Balaban J connectivity index is 2.86. The van der Waals surface area contributed by atoms with E-state index in [0.29, 0.717) is 11.1 Å². The van der Waals surface area contributed by atoms with Crippen LogP contribution in [0.1, 0.15) is 11.1 Å². The third kappa shape index (κ3) is 4.73. The van der Waals surface area contributed by atoms with E-state index in [0.717, 1.165) is 0 Å². The standard InChI is InChI=1S/C10H11F3N4O/c1-6-4-8(18-10(11,12)13)3-2-7(6)5-16-17-9(14)15/h2-5H,1H3,(H4,14,15,17). The molecule has 1 rings (SSSR count). The third-order valence-corrected chi connectivity index (χ3v) is 1.84.